The number of nitrogens with two attached hydrogens (primary N) is 1. The molecule has 0 spiro atoms. The fourth-order valence-corrected chi connectivity index (χ4v) is 2.34. The molecule has 26 heavy (non-hydrogen) atoms. The van der Waals surface area contributed by atoms with Crippen LogP contribution in [0.15, 0.2) is 65.7 Å². The van der Waals surface area contributed by atoms with Gasteiger partial charge in [0.1, 0.15) is 0 Å². The largest absolute Gasteiger partial charge is 0.481 e. The Kier molecular flexibility index (Phi) is 5.28. The van der Waals surface area contributed by atoms with E-state index >= 15 is 0 Å². The summed E-state index contributed by atoms with van der Waals surface area (Å²) in [4.78, 5) is 12.4. The van der Waals surface area contributed by atoms with Crippen LogP contribution in [0.2, 0.25) is 0 Å². The number of methoxy groups -OCH3 is 2. The number of rotatable bonds is 5. The van der Waals surface area contributed by atoms with Crippen LogP contribution in [-0.4, -0.2) is 30.1 Å². The van der Waals surface area contributed by atoms with Gasteiger partial charge in [-0.2, -0.15) is 15.0 Å². The van der Waals surface area contributed by atoms with E-state index in [0.717, 1.165) is 16.8 Å². The molecule has 0 atom stereocenters. The zero-order chi connectivity index (χ0) is 18.4. The van der Waals surface area contributed by atoms with Crippen molar-refractivity contribution >= 4 is 17.6 Å². The Balaban J connectivity index is 1.82. The smallest absolute Gasteiger partial charge is 0.259 e. The van der Waals surface area contributed by atoms with Crippen molar-refractivity contribution in [1.82, 2.24) is 9.97 Å². The van der Waals surface area contributed by atoms with Gasteiger partial charge < -0.3 is 20.5 Å². The maximum Gasteiger partial charge on any atom is 0.259 e. The van der Waals surface area contributed by atoms with Crippen molar-refractivity contribution in [1.29, 1.82) is 0 Å². The van der Waals surface area contributed by atoms with Crippen LogP contribution in [0.1, 0.15) is 0 Å². The predicted octanol–water partition coefficient (Wildman–Crippen LogP) is 3.22. The van der Waals surface area contributed by atoms with Gasteiger partial charge in [-0.25, -0.2) is 0 Å². The first kappa shape index (κ1) is 17.2. The minimum absolute atomic E-state index is 0.144. The van der Waals surface area contributed by atoms with Gasteiger partial charge in [-0.3, -0.25) is 0 Å². The average molecular weight is 349 g/mol. The summed E-state index contributed by atoms with van der Waals surface area (Å²) >= 11 is 0. The first-order valence-electron chi connectivity index (χ1n) is 7.91. The fourth-order valence-electron chi connectivity index (χ4n) is 2.34. The molecule has 7 nitrogen and oxygen atoms in total. The van der Waals surface area contributed by atoms with Crippen LogP contribution >= 0.6 is 0 Å². The third kappa shape index (κ3) is 4.27. The molecular weight excluding hydrogens is 330 g/mol. The summed E-state index contributed by atoms with van der Waals surface area (Å²) in [6, 6.07) is 19.5. The van der Waals surface area contributed by atoms with Crippen LogP contribution in [0.25, 0.3) is 11.1 Å². The van der Waals surface area contributed by atoms with Crippen molar-refractivity contribution in [3.63, 3.8) is 0 Å². The van der Waals surface area contributed by atoms with Gasteiger partial charge >= 0.3 is 0 Å². The number of anilines is 1. The van der Waals surface area contributed by atoms with E-state index in [-0.39, 0.29) is 11.9 Å². The highest BCUT2D eigenvalue weighted by Gasteiger charge is 2.06. The molecule has 7 heteroatoms. The third-order valence-corrected chi connectivity index (χ3v) is 3.55. The monoisotopic (exact) mass is 349 g/mol. The molecular formula is C19H19N5O2. The molecule has 3 rings (SSSR count). The molecule has 0 saturated heterocycles. The van der Waals surface area contributed by atoms with Crippen molar-refractivity contribution in [3.05, 3.63) is 60.7 Å². The van der Waals surface area contributed by atoms with E-state index in [2.05, 4.69) is 20.3 Å². The molecule has 132 valence electrons. The normalized spacial score (nSPS) is 11.1. The van der Waals surface area contributed by atoms with E-state index in [1.165, 1.54) is 14.2 Å². The number of aliphatic imine (C=N–C) groups is 1. The van der Waals surface area contributed by atoms with E-state index in [1.54, 1.807) is 6.07 Å². The number of aromatic nitrogens is 2. The first-order chi connectivity index (χ1) is 12.7. The standard InChI is InChI=1S/C19H19N5O2/c1-25-16-12-17(26-2)23-19(22-16)24-18(20)21-15-10-6-9-14(11-15)13-7-4-3-5-8-13/h3-12H,1-2H3,(H3,20,21,22,23,24). The summed E-state index contributed by atoms with van der Waals surface area (Å²) in [5.74, 6) is 0.986. The van der Waals surface area contributed by atoms with E-state index in [0.29, 0.717) is 11.8 Å². The Morgan fingerprint density at radius 1 is 0.885 bits per heavy atom. The van der Waals surface area contributed by atoms with Gasteiger partial charge in [-0.05, 0) is 23.3 Å². The maximum atomic E-state index is 5.99. The van der Waals surface area contributed by atoms with Gasteiger partial charge in [0.2, 0.25) is 17.7 Å². The molecule has 0 saturated carbocycles. The zero-order valence-electron chi connectivity index (χ0n) is 14.5. The molecule has 0 bridgehead atoms. The summed E-state index contributed by atoms with van der Waals surface area (Å²) in [6.07, 6.45) is 0. The molecule has 2 aromatic carbocycles. The Bertz CT molecular complexity index is 891. The van der Waals surface area contributed by atoms with Gasteiger partial charge in [0.15, 0.2) is 0 Å². The summed E-state index contributed by atoms with van der Waals surface area (Å²) in [7, 11) is 3.01. The molecule has 0 amide bonds. The van der Waals surface area contributed by atoms with Gasteiger partial charge in [0.25, 0.3) is 5.95 Å². The second-order valence-corrected chi connectivity index (χ2v) is 5.32. The SMILES string of the molecule is COc1cc(OC)nc(N=C(N)Nc2cccc(-c3ccccc3)c2)n1. The van der Waals surface area contributed by atoms with Gasteiger partial charge in [-0.1, -0.05) is 42.5 Å². The number of hydrogen-bond acceptors (Lipinski definition) is 5. The van der Waals surface area contributed by atoms with Crippen LogP contribution in [0.3, 0.4) is 0 Å². The van der Waals surface area contributed by atoms with Crippen molar-refractivity contribution in [2.24, 2.45) is 10.7 Å². The predicted molar refractivity (Wildman–Crippen MR) is 102 cm³/mol. The van der Waals surface area contributed by atoms with Crippen LogP contribution in [-0.2, 0) is 0 Å². The topological polar surface area (TPSA) is 94.7 Å². The molecule has 0 aliphatic heterocycles. The summed E-state index contributed by atoms with van der Waals surface area (Å²) in [5.41, 5.74) is 8.98. The minimum atomic E-state index is 0.144. The van der Waals surface area contributed by atoms with Crippen molar-refractivity contribution in [3.8, 4) is 22.9 Å². The van der Waals surface area contributed by atoms with Crippen molar-refractivity contribution in [2.75, 3.05) is 19.5 Å². The molecule has 3 N–H and O–H groups in total. The fraction of sp³-hybridized carbons (Fsp3) is 0.105. The number of hydrogen-bond donors (Lipinski definition) is 2. The molecule has 0 fully saturated rings. The molecule has 1 heterocycles. The molecule has 0 aliphatic rings. The van der Waals surface area contributed by atoms with E-state index in [1.807, 2.05) is 54.6 Å². The second kappa shape index (κ2) is 7.98. The molecule has 3 aromatic rings. The Morgan fingerprint density at radius 2 is 1.54 bits per heavy atom. The Hall–Kier alpha value is -3.61. The lowest BCUT2D eigenvalue weighted by Crippen LogP contribution is -2.22. The van der Waals surface area contributed by atoms with E-state index in [4.69, 9.17) is 15.2 Å². The Labute approximate surface area is 151 Å². The van der Waals surface area contributed by atoms with Gasteiger partial charge in [0, 0.05) is 5.69 Å². The molecule has 0 aliphatic carbocycles. The number of benzene rings is 2. The van der Waals surface area contributed by atoms with Crippen LogP contribution < -0.4 is 20.5 Å². The highest BCUT2D eigenvalue weighted by Crippen LogP contribution is 2.23. The lowest BCUT2D eigenvalue weighted by atomic mass is 10.1. The van der Waals surface area contributed by atoms with E-state index < -0.39 is 0 Å². The summed E-state index contributed by atoms with van der Waals surface area (Å²) in [6.45, 7) is 0. The third-order valence-electron chi connectivity index (χ3n) is 3.55. The van der Waals surface area contributed by atoms with Gasteiger partial charge in [0.05, 0.1) is 20.3 Å². The van der Waals surface area contributed by atoms with Crippen LogP contribution in [0.5, 0.6) is 11.8 Å². The van der Waals surface area contributed by atoms with Crippen molar-refractivity contribution < 1.29 is 9.47 Å². The lowest BCUT2D eigenvalue weighted by molar-refractivity contribution is 0.372. The highest BCUT2D eigenvalue weighted by molar-refractivity contribution is 5.94. The first-order valence-corrected chi connectivity index (χ1v) is 7.91. The minimum Gasteiger partial charge on any atom is -0.481 e. The maximum absolute atomic E-state index is 5.99. The average Bonchev–Trinajstić information content (AvgIpc) is 2.68. The molecule has 1 aromatic heterocycles. The zero-order valence-corrected chi connectivity index (χ0v) is 14.5. The number of guanidine groups is 1. The number of ether oxygens (including phenoxy) is 2. The summed E-state index contributed by atoms with van der Waals surface area (Å²) < 4.78 is 10.2. The van der Waals surface area contributed by atoms with Crippen molar-refractivity contribution in [2.45, 2.75) is 0 Å². The lowest BCUT2D eigenvalue weighted by Gasteiger charge is -2.08. The Morgan fingerprint density at radius 3 is 2.19 bits per heavy atom. The molecule has 0 unspecified atom stereocenters. The molecule has 0 radical (unpaired) electrons. The summed E-state index contributed by atoms with van der Waals surface area (Å²) in [5, 5.41) is 3.04. The number of nitrogens with zero attached hydrogens (tertiary/aromatic N) is 3. The van der Waals surface area contributed by atoms with Crippen LogP contribution in [0.4, 0.5) is 11.6 Å². The number of nitrogens with one attached hydrogen (secondary N) is 1. The quantitative estimate of drug-likeness (QED) is 0.542. The highest BCUT2D eigenvalue weighted by atomic mass is 16.5. The van der Waals surface area contributed by atoms with Crippen LogP contribution in [0, 0.1) is 0 Å². The van der Waals surface area contributed by atoms with Gasteiger partial charge in [-0.15, -0.1) is 0 Å². The van der Waals surface area contributed by atoms with E-state index in [9.17, 15) is 0 Å². The second-order valence-electron chi connectivity index (χ2n) is 5.32.